The molecule has 426 valence electrons. The average Bonchev–Trinajstić information content (AvgIpc) is 4.03. The quantitative estimate of drug-likeness (QED) is 0.0443. The number of alkyl carbamates (subject to hydrolysis) is 1. The van der Waals surface area contributed by atoms with E-state index in [2.05, 4.69) is 37.2 Å². The predicted octanol–water partition coefficient (Wildman–Crippen LogP) is -2.41. The third-order valence-electron chi connectivity index (χ3n) is 14.1. The highest BCUT2D eigenvalue weighted by Gasteiger charge is 2.41. The number of aliphatic hydroxyl groups excluding tert-OH is 3. The van der Waals surface area contributed by atoms with Gasteiger partial charge >= 0.3 is 12.1 Å². The van der Waals surface area contributed by atoms with Crippen LogP contribution in [0.2, 0.25) is 0 Å². The van der Waals surface area contributed by atoms with Crippen molar-refractivity contribution in [3.63, 3.8) is 0 Å². The van der Waals surface area contributed by atoms with Gasteiger partial charge in [-0.1, -0.05) is 88.1 Å². The SMILES string of the molecule is CC[C@H](C)[C@H](NC(=O)[C@H](CO)NC(=O)[C@H](CCC(N)=O)NC(=O)CN(C(=O)[C@H](CO)NC(=O)[C@H](C)NC(=O)[C@@H]1C[C@@H](O)CN1C(=O)CNC(=O)OCC1c2ccccc2-c2ccccc21)C1CCCCC1)C(=O)NCC(=O)O. The van der Waals surface area contributed by atoms with Gasteiger partial charge in [-0.05, 0) is 54.4 Å². The summed E-state index contributed by atoms with van der Waals surface area (Å²) >= 11 is 0. The Morgan fingerprint density at radius 2 is 1.35 bits per heavy atom. The third-order valence-corrected chi connectivity index (χ3v) is 14.1. The van der Waals surface area contributed by atoms with Gasteiger partial charge in [-0.15, -0.1) is 0 Å². The van der Waals surface area contributed by atoms with Gasteiger partial charge in [-0.3, -0.25) is 47.9 Å². The van der Waals surface area contributed by atoms with E-state index >= 15 is 0 Å². The fraction of sp³-hybridized carbons (Fsp3) is 0.558. The van der Waals surface area contributed by atoms with Crippen LogP contribution in [0.5, 0.6) is 0 Å². The molecule has 2 aromatic carbocycles. The maximum absolute atomic E-state index is 14.2. The van der Waals surface area contributed by atoms with Crippen LogP contribution >= 0.6 is 0 Å². The van der Waals surface area contributed by atoms with E-state index in [1.165, 1.54) is 6.92 Å². The van der Waals surface area contributed by atoms with Crippen molar-refractivity contribution in [2.24, 2.45) is 11.7 Å². The molecule has 0 aromatic heterocycles. The number of carboxylic acid groups (broad SMARTS) is 1. The number of hydrogen-bond acceptors (Lipinski definition) is 15. The van der Waals surface area contributed by atoms with Gasteiger partial charge in [0.25, 0.3) is 0 Å². The summed E-state index contributed by atoms with van der Waals surface area (Å²) in [5.41, 5.74) is 9.39. The van der Waals surface area contributed by atoms with Crippen molar-refractivity contribution >= 4 is 65.2 Å². The summed E-state index contributed by atoms with van der Waals surface area (Å²) in [5.74, 6) is -10.2. The molecule has 1 saturated heterocycles. The number of rotatable bonds is 27. The molecule has 8 atom stereocenters. The van der Waals surface area contributed by atoms with E-state index in [1.807, 2.05) is 48.5 Å². The summed E-state index contributed by atoms with van der Waals surface area (Å²) in [4.78, 5) is 146. The monoisotopic (exact) mass is 1090 g/mol. The lowest BCUT2D eigenvalue weighted by molar-refractivity contribution is -0.144. The van der Waals surface area contributed by atoms with Gasteiger partial charge in [0, 0.05) is 31.3 Å². The van der Waals surface area contributed by atoms with Crippen LogP contribution in [0.4, 0.5) is 4.79 Å². The number of hydrogen-bond donors (Lipinski definition) is 12. The van der Waals surface area contributed by atoms with E-state index < -0.39 is 165 Å². The van der Waals surface area contributed by atoms with Gasteiger partial charge in [0.1, 0.15) is 55.9 Å². The smallest absolute Gasteiger partial charge is 0.407 e. The first-order chi connectivity index (χ1) is 37.2. The number of nitrogens with one attached hydrogen (secondary N) is 7. The Kier molecular flexibility index (Phi) is 22.9. The second-order valence-corrected chi connectivity index (χ2v) is 19.7. The summed E-state index contributed by atoms with van der Waals surface area (Å²) in [6.45, 7) is 0.328. The molecule has 78 heavy (non-hydrogen) atoms. The van der Waals surface area contributed by atoms with Gasteiger partial charge < -0.3 is 77.9 Å². The van der Waals surface area contributed by atoms with Crippen LogP contribution in [0.1, 0.15) is 95.6 Å². The number of nitrogens with two attached hydrogens (primary N) is 1. The van der Waals surface area contributed by atoms with E-state index in [9.17, 15) is 68.1 Å². The standard InChI is InChI=1S/C52H72N10O16/c1-4-28(2)45(50(75)54-22-44(69)70)60-48(73)38(25-63)58-47(72)37(18-19-41(53)66)57-42(67)24-61(30-12-6-5-7-13-30)51(76)39(26-64)59-46(71)29(3)56-49(74)40-20-31(65)23-62(40)43(68)21-55-52(77)78-27-36-34-16-10-8-14-32(34)33-15-9-11-17-35(33)36/h8-11,14-17,28-31,36-40,45,63-65H,4-7,12-13,18-27H2,1-3H3,(H2,53,66)(H,54,75)(H,55,77)(H,56,74)(H,57,67)(H,58,72)(H,59,71)(H,60,73)(H,69,70)/t28-,29-,31+,37-,38-,39-,40-,45-/m0/s1. The second-order valence-electron chi connectivity index (χ2n) is 19.7. The van der Waals surface area contributed by atoms with Crippen molar-refractivity contribution in [3.8, 4) is 11.1 Å². The Bertz CT molecular complexity index is 2480. The number of carboxylic acids is 1. The molecule has 2 fully saturated rings. The lowest BCUT2D eigenvalue weighted by atomic mass is 9.93. The van der Waals surface area contributed by atoms with Crippen LogP contribution in [-0.2, 0) is 52.7 Å². The molecule has 3 aliphatic rings. The number of primary amides is 1. The van der Waals surface area contributed by atoms with Gasteiger partial charge in [0.15, 0.2) is 0 Å². The molecule has 13 N–H and O–H groups in total. The van der Waals surface area contributed by atoms with Crippen molar-refractivity contribution in [1.82, 2.24) is 47.0 Å². The number of amides is 10. The highest BCUT2D eigenvalue weighted by Crippen LogP contribution is 2.44. The molecule has 2 aromatic rings. The number of aliphatic hydroxyl groups is 3. The summed E-state index contributed by atoms with van der Waals surface area (Å²) in [6, 6.07) is 6.07. The highest BCUT2D eigenvalue weighted by molar-refractivity contribution is 5.98. The molecule has 0 radical (unpaired) electrons. The Morgan fingerprint density at radius 3 is 1.94 bits per heavy atom. The van der Waals surface area contributed by atoms with Gasteiger partial charge in [0.05, 0.1) is 25.9 Å². The molecule has 0 bridgehead atoms. The Balaban J connectivity index is 1.18. The minimum atomic E-state index is -1.71. The van der Waals surface area contributed by atoms with Crippen molar-refractivity contribution in [2.75, 3.05) is 46.0 Å². The van der Waals surface area contributed by atoms with Crippen LogP contribution in [0.3, 0.4) is 0 Å². The van der Waals surface area contributed by atoms with E-state index in [0.717, 1.165) is 38.5 Å². The van der Waals surface area contributed by atoms with Gasteiger partial charge in [-0.2, -0.15) is 0 Å². The molecular weight excluding hydrogens is 1020 g/mol. The molecule has 2 aliphatic carbocycles. The molecule has 1 saturated carbocycles. The summed E-state index contributed by atoms with van der Waals surface area (Å²) in [5, 5.41) is 56.7. The number of aliphatic carboxylic acids is 1. The minimum Gasteiger partial charge on any atom is -0.480 e. The van der Waals surface area contributed by atoms with Crippen molar-refractivity contribution in [1.29, 1.82) is 0 Å². The zero-order chi connectivity index (χ0) is 57.2. The van der Waals surface area contributed by atoms with Gasteiger partial charge in [-0.25, -0.2) is 4.79 Å². The number of carbonyl (C=O) groups is 11. The first-order valence-corrected chi connectivity index (χ1v) is 26.0. The number of fused-ring (bicyclic) bond motifs is 3. The summed E-state index contributed by atoms with van der Waals surface area (Å²) in [6.07, 6.45) is 0.286. The van der Waals surface area contributed by atoms with E-state index in [0.29, 0.717) is 32.1 Å². The van der Waals surface area contributed by atoms with E-state index in [-0.39, 0.29) is 25.5 Å². The fourth-order valence-electron chi connectivity index (χ4n) is 9.72. The van der Waals surface area contributed by atoms with Crippen LogP contribution in [0.15, 0.2) is 48.5 Å². The molecule has 0 unspecified atom stereocenters. The van der Waals surface area contributed by atoms with Crippen molar-refractivity contribution in [3.05, 3.63) is 59.7 Å². The molecule has 26 nitrogen and oxygen atoms in total. The van der Waals surface area contributed by atoms with Crippen LogP contribution < -0.4 is 43.0 Å². The maximum Gasteiger partial charge on any atom is 0.407 e. The zero-order valence-electron chi connectivity index (χ0n) is 43.9. The summed E-state index contributed by atoms with van der Waals surface area (Å²) in [7, 11) is 0. The van der Waals surface area contributed by atoms with Crippen LogP contribution in [0, 0.1) is 5.92 Å². The van der Waals surface area contributed by atoms with Gasteiger partial charge in [0.2, 0.25) is 53.2 Å². The molecule has 1 aliphatic heterocycles. The number of carbonyl (C=O) groups excluding carboxylic acids is 10. The van der Waals surface area contributed by atoms with Crippen LogP contribution in [-0.4, -0.2) is 190 Å². The largest absolute Gasteiger partial charge is 0.480 e. The first kappa shape index (κ1) is 61.1. The fourth-order valence-corrected chi connectivity index (χ4v) is 9.72. The highest BCUT2D eigenvalue weighted by atomic mass is 16.5. The second kappa shape index (κ2) is 29.1. The van der Waals surface area contributed by atoms with Crippen molar-refractivity contribution in [2.45, 2.75) is 133 Å². The number of likely N-dealkylation sites (tertiary alicyclic amines) is 1. The topological polar surface area (TPSA) is 395 Å². The molecule has 1 heterocycles. The minimum absolute atomic E-state index is 0.0113. The molecule has 26 heteroatoms. The zero-order valence-corrected chi connectivity index (χ0v) is 43.9. The predicted molar refractivity (Wildman–Crippen MR) is 276 cm³/mol. The number of benzene rings is 2. The average molecular weight is 1090 g/mol. The van der Waals surface area contributed by atoms with E-state index in [4.69, 9.17) is 15.6 Å². The third kappa shape index (κ3) is 16.6. The molecular formula is C52H72N10O16. The first-order valence-electron chi connectivity index (χ1n) is 26.0. The lowest BCUT2D eigenvalue weighted by Gasteiger charge is -2.36. The number of ether oxygens (including phenoxy) is 1. The summed E-state index contributed by atoms with van der Waals surface area (Å²) < 4.78 is 5.52. The van der Waals surface area contributed by atoms with E-state index in [1.54, 1.807) is 13.8 Å². The Hall–Kier alpha value is -7.71. The molecule has 10 amide bonds. The lowest BCUT2D eigenvalue weighted by Crippen LogP contribution is -2.60. The van der Waals surface area contributed by atoms with Crippen molar-refractivity contribution < 1.29 is 77.9 Å². The Morgan fingerprint density at radius 1 is 0.744 bits per heavy atom. The number of β-amino-alcohol motifs (C(OH)–C–C–N with tert-alkyl or cyclic N) is 1. The Labute approximate surface area is 450 Å². The van der Waals surface area contributed by atoms with Crippen LogP contribution in [0.25, 0.3) is 11.1 Å². The normalized spacial score (nSPS) is 18.2. The molecule has 0 spiro atoms. The number of nitrogens with zero attached hydrogens (tertiary/aromatic N) is 2. The maximum atomic E-state index is 14.2. The molecule has 5 rings (SSSR count).